The number of likely N-dealkylation sites (tertiary alicyclic amines) is 1. The highest BCUT2D eigenvalue weighted by atomic mass is 16.5. The van der Waals surface area contributed by atoms with Crippen molar-refractivity contribution in [1.29, 1.82) is 0 Å². The average molecular weight is 465 g/mol. The Hall–Kier alpha value is -3.35. The van der Waals surface area contributed by atoms with Gasteiger partial charge in [-0.15, -0.1) is 0 Å². The van der Waals surface area contributed by atoms with Crippen LogP contribution in [0.2, 0.25) is 0 Å². The predicted molar refractivity (Wildman–Crippen MR) is 128 cm³/mol. The number of carbonyl (C=O) groups excluding carboxylic acids is 2. The predicted octanol–water partition coefficient (Wildman–Crippen LogP) is 4.41. The number of carboxylic acids is 1. The van der Waals surface area contributed by atoms with E-state index in [1.54, 1.807) is 18.7 Å². The van der Waals surface area contributed by atoms with Crippen molar-refractivity contribution >= 4 is 18.0 Å². The Morgan fingerprint density at radius 3 is 2.29 bits per heavy atom. The molecule has 1 aliphatic carbocycles. The van der Waals surface area contributed by atoms with Crippen molar-refractivity contribution in [2.45, 2.75) is 57.5 Å². The zero-order chi connectivity index (χ0) is 24.2. The van der Waals surface area contributed by atoms with Crippen molar-refractivity contribution in [3.8, 4) is 11.1 Å². The molecule has 2 N–H and O–H groups in total. The van der Waals surface area contributed by atoms with Crippen LogP contribution in [0.3, 0.4) is 0 Å². The van der Waals surface area contributed by atoms with Crippen molar-refractivity contribution in [3.05, 3.63) is 59.7 Å². The van der Waals surface area contributed by atoms with Crippen LogP contribution in [0.15, 0.2) is 48.5 Å². The Morgan fingerprint density at radius 1 is 1.06 bits per heavy atom. The van der Waals surface area contributed by atoms with Gasteiger partial charge >= 0.3 is 12.1 Å². The van der Waals surface area contributed by atoms with Crippen molar-refractivity contribution < 1.29 is 24.2 Å². The Kier molecular flexibility index (Phi) is 7.20. The fraction of sp³-hybridized carbons (Fsp3) is 0.444. The van der Waals surface area contributed by atoms with Gasteiger partial charge in [-0.2, -0.15) is 0 Å². The molecule has 0 aromatic heterocycles. The molecule has 2 aliphatic rings. The first kappa shape index (κ1) is 23.8. The highest BCUT2D eigenvalue weighted by molar-refractivity contribution is 5.81. The molecule has 2 amide bonds. The maximum absolute atomic E-state index is 13.1. The molecule has 1 heterocycles. The number of nitrogens with zero attached hydrogens (tertiary/aromatic N) is 1. The Labute approximate surface area is 200 Å². The topological polar surface area (TPSA) is 95.9 Å². The van der Waals surface area contributed by atoms with Gasteiger partial charge in [-0.1, -0.05) is 55.5 Å². The second-order valence-corrected chi connectivity index (χ2v) is 9.31. The monoisotopic (exact) mass is 464 g/mol. The molecular weight excluding hydrogens is 432 g/mol. The number of fused-ring (bicyclic) bond motifs is 3. The molecule has 4 rings (SSSR count). The molecule has 7 heteroatoms. The maximum Gasteiger partial charge on any atom is 0.407 e. The van der Waals surface area contributed by atoms with Crippen molar-refractivity contribution in [1.82, 2.24) is 10.2 Å². The molecule has 3 unspecified atom stereocenters. The molecule has 0 bridgehead atoms. The summed E-state index contributed by atoms with van der Waals surface area (Å²) in [5, 5.41) is 11.8. The molecule has 3 atom stereocenters. The van der Waals surface area contributed by atoms with E-state index >= 15 is 0 Å². The second kappa shape index (κ2) is 10.3. The third kappa shape index (κ3) is 4.93. The molecular formula is C27H32N2O5. The minimum Gasteiger partial charge on any atom is -0.481 e. The zero-order valence-electron chi connectivity index (χ0n) is 19.7. The summed E-state index contributed by atoms with van der Waals surface area (Å²) in [4.78, 5) is 38.4. The SMILES string of the molecule is CC(NC(=O)OCC1c2ccccc2-c2ccccc21)C(C)C(=O)N1CCCC1CCC(=O)O. The Balaban J connectivity index is 1.33. The molecule has 0 saturated carbocycles. The summed E-state index contributed by atoms with van der Waals surface area (Å²) in [5.41, 5.74) is 4.63. The summed E-state index contributed by atoms with van der Waals surface area (Å²) in [7, 11) is 0. The normalized spacial score (nSPS) is 18.6. The summed E-state index contributed by atoms with van der Waals surface area (Å²) in [6.45, 7) is 4.44. The van der Waals surface area contributed by atoms with Crippen LogP contribution in [0, 0.1) is 5.92 Å². The van der Waals surface area contributed by atoms with Gasteiger partial charge in [0.2, 0.25) is 5.91 Å². The average Bonchev–Trinajstić information content (AvgIpc) is 3.43. The van der Waals surface area contributed by atoms with Crippen LogP contribution >= 0.6 is 0 Å². The number of carboxylic acid groups (broad SMARTS) is 1. The van der Waals surface area contributed by atoms with E-state index in [9.17, 15) is 14.4 Å². The van der Waals surface area contributed by atoms with Crippen molar-refractivity contribution in [3.63, 3.8) is 0 Å². The van der Waals surface area contributed by atoms with E-state index in [0.29, 0.717) is 13.0 Å². The van der Waals surface area contributed by atoms with Gasteiger partial charge in [0.25, 0.3) is 0 Å². The van der Waals surface area contributed by atoms with E-state index in [-0.39, 0.29) is 30.9 Å². The van der Waals surface area contributed by atoms with Crippen LogP contribution in [0.25, 0.3) is 11.1 Å². The largest absolute Gasteiger partial charge is 0.481 e. The lowest BCUT2D eigenvalue weighted by Crippen LogP contribution is -2.47. The van der Waals surface area contributed by atoms with E-state index in [4.69, 9.17) is 9.84 Å². The number of hydrogen-bond acceptors (Lipinski definition) is 4. The van der Waals surface area contributed by atoms with Gasteiger partial charge in [0, 0.05) is 31.0 Å². The third-order valence-corrected chi connectivity index (χ3v) is 7.18. The first-order valence-electron chi connectivity index (χ1n) is 12.0. The Morgan fingerprint density at radius 2 is 1.68 bits per heavy atom. The lowest BCUT2D eigenvalue weighted by Gasteiger charge is -2.30. The molecule has 0 spiro atoms. The van der Waals surface area contributed by atoms with Gasteiger partial charge in [-0.3, -0.25) is 9.59 Å². The van der Waals surface area contributed by atoms with Gasteiger partial charge in [0.15, 0.2) is 0 Å². The van der Waals surface area contributed by atoms with Gasteiger partial charge in [0.1, 0.15) is 6.61 Å². The summed E-state index contributed by atoms with van der Waals surface area (Å²) in [6, 6.07) is 15.9. The lowest BCUT2D eigenvalue weighted by atomic mass is 9.98. The highest BCUT2D eigenvalue weighted by Crippen LogP contribution is 2.44. The molecule has 1 aliphatic heterocycles. The lowest BCUT2D eigenvalue weighted by molar-refractivity contribution is -0.140. The second-order valence-electron chi connectivity index (χ2n) is 9.31. The molecule has 1 fully saturated rings. The van der Waals surface area contributed by atoms with Crippen molar-refractivity contribution in [2.75, 3.05) is 13.2 Å². The fourth-order valence-electron chi connectivity index (χ4n) is 5.14. The van der Waals surface area contributed by atoms with Crippen LogP contribution in [-0.4, -0.2) is 53.2 Å². The number of amides is 2. The molecule has 1 saturated heterocycles. The van der Waals surface area contributed by atoms with E-state index in [0.717, 1.165) is 24.0 Å². The van der Waals surface area contributed by atoms with Crippen LogP contribution < -0.4 is 5.32 Å². The summed E-state index contributed by atoms with van der Waals surface area (Å²) in [6.07, 6.45) is 1.66. The third-order valence-electron chi connectivity index (χ3n) is 7.18. The summed E-state index contributed by atoms with van der Waals surface area (Å²) in [5.74, 6) is -1.37. The first-order chi connectivity index (χ1) is 16.4. The number of nitrogens with one attached hydrogen (secondary N) is 1. The van der Waals surface area contributed by atoms with E-state index < -0.39 is 24.0 Å². The zero-order valence-corrected chi connectivity index (χ0v) is 19.7. The van der Waals surface area contributed by atoms with E-state index in [1.165, 1.54) is 11.1 Å². The fourth-order valence-corrected chi connectivity index (χ4v) is 5.14. The molecule has 0 radical (unpaired) electrons. The van der Waals surface area contributed by atoms with Gasteiger partial charge in [-0.05, 0) is 48.4 Å². The van der Waals surface area contributed by atoms with Crippen LogP contribution in [0.5, 0.6) is 0 Å². The maximum atomic E-state index is 13.1. The van der Waals surface area contributed by atoms with E-state index in [1.807, 2.05) is 24.3 Å². The molecule has 7 nitrogen and oxygen atoms in total. The number of benzene rings is 2. The standard InChI is InChI=1S/C27H32N2O5/c1-17(26(32)29-15-7-8-19(29)13-14-25(30)31)18(2)28-27(33)34-16-24-22-11-5-3-9-20(22)21-10-4-6-12-23(21)24/h3-6,9-12,17-19,24H,7-8,13-16H2,1-2H3,(H,28,33)(H,30,31). The molecule has 34 heavy (non-hydrogen) atoms. The number of aliphatic carboxylic acids is 1. The number of ether oxygens (including phenoxy) is 1. The number of alkyl carbamates (subject to hydrolysis) is 1. The minimum absolute atomic E-state index is 0.0212. The summed E-state index contributed by atoms with van der Waals surface area (Å²) >= 11 is 0. The Bertz CT molecular complexity index is 1020. The van der Waals surface area contributed by atoms with Crippen molar-refractivity contribution in [2.24, 2.45) is 5.92 Å². The quantitative estimate of drug-likeness (QED) is 0.604. The molecule has 180 valence electrons. The number of hydrogen-bond donors (Lipinski definition) is 2. The van der Waals surface area contributed by atoms with E-state index in [2.05, 4.69) is 29.6 Å². The smallest absolute Gasteiger partial charge is 0.407 e. The number of rotatable bonds is 8. The first-order valence-corrected chi connectivity index (χ1v) is 12.0. The molecule has 2 aromatic carbocycles. The van der Waals surface area contributed by atoms with Crippen LogP contribution in [0.4, 0.5) is 4.79 Å². The van der Waals surface area contributed by atoms with Gasteiger partial charge in [0.05, 0.1) is 5.92 Å². The van der Waals surface area contributed by atoms with Gasteiger partial charge < -0.3 is 20.1 Å². The molecule has 2 aromatic rings. The minimum atomic E-state index is -0.849. The van der Waals surface area contributed by atoms with Gasteiger partial charge in [-0.25, -0.2) is 4.79 Å². The van der Waals surface area contributed by atoms with Crippen LogP contribution in [0.1, 0.15) is 56.6 Å². The summed E-state index contributed by atoms with van der Waals surface area (Å²) < 4.78 is 5.61. The highest BCUT2D eigenvalue weighted by Gasteiger charge is 2.34. The van der Waals surface area contributed by atoms with Crippen LogP contribution in [-0.2, 0) is 14.3 Å². The number of carbonyl (C=O) groups is 3.